The second kappa shape index (κ2) is 7.16. The summed E-state index contributed by atoms with van der Waals surface area (Å²) in [6.45, 7) is 3.27. The molecule has 1 saturated heterocycles. The van der Waals surface area contributed by atoms with Crippen molar-refractivity contribution in [3.05, 3.63) is 52.9 Å². The number of sulfonamides is 1. The van der Waals surface area contributed by atoms with Crippen molar-refractivity contribution in [3.8, 4) is 0 Å². The monoisotopic (exact) mass is 349 g/mol. The molecule has 5 heteroatoms. The maximum absolute atomic E-state index is 13.0. The molecule has 1 fully saturated rings. The minimum absolute atomic E-state index is 0.291. The Balaban J connectivity index is 1.85. The van der Waals surface area contributed by atoms with E-state index in [1.165, 1.54) is 16.9 Å². The molecule has 1 aromatic carbocycles. The number of aryl methyl sites for hydroxylation is 1. The van der Waals surface area contributed by atoms with Crippen molar-refractivity contribution in [2.75, 3.05) is 13.1 Å². The normalized spacial score (nSPS) is 20.3. The Morgan fingerprint density at radius 3 is 2.61 bits per heavy atom. The molecule has 0 saturated carbocycles. The first-order valence-corrected chi connectivity index (χ1v) is 10.5. The molecule has 3 nitrogen and oxygen atoms in total. The van der Waals surface area contributed by atoms with Crippen molar-refractivity contribution in [2.45, 2.75) is 42.7 Å². The molecule has 0 bridgehead atoms. The number of hydrogen-bond acceptors (Lipinski definition) is 3. The van der Waals surface area contributed by atoms with Crippen LogP contribution in [-0.2, 0) is 16.4 Å². The Morgan fingerprint density at radius 2 is 1.91 bits per heavy atom. The average Bonchev–Trinajstić information content (AvgIpc) is 2.93. The van der Waals surface area contributed by atoms with Crippen molar-refractivity contribution >= 4 is 21.4 Å². The molecular formula is C18H23NO2S2. The van der Waals surface area contributed by atoms with Gasteiger partial charge in [0.1, 0.15) is 4.21 Å². The fourth-order valence-electron chi connectivity index (χ4n) is 3.14. The highest BCUT2D eigenvalue weighted by atomic mass is 32.2. The van der Waals surface area contributed by atoms with Gasteiger partial charge in [-0.2, -0.15) is 4.31 Å². The predicted octanol–water partition coefficient (Wildman–Crippen LogP) is 4.27. The SMILES string of the molecule is CCc1ccc(S(=O)(=O)N2CCCCC(c3ccccc3)C2)s1. The van der Waals surface area contributed by atoms with Crippen LogP contribution in [0.15, 0.2) is 46.7 Å². The predicted molar refractivity (Wildman–Crippen MR) is 95.5 cm³/mol. The molecule has 23 heavy (non-hydrogen) atoms. The van der Waals surface area contributed by atoms with Crippen LogP contribution in [0.3, 0.4) is 0 Å². The van der Waals surface area contributed by atoms with Crippen molar-refractivity contribution in [2.24, 2.45) is 0 Å². The van der Waals surface area contributed by atoms with Crippen LogP contribution in [0.5, 0.6) is 0 Å². The van der Waals surface area contributed by atoms with Crippen LogP contribution in [0.1, 0.15) is 42.5 Å². The number of hydrogen-bond donors (Lipinski definition) is 0. The zero-order chi connectivity index (χ0) is 16.3. The largest absolute Gasteiger partial charge is 0.252 e. The van der Waals surface area contributed by atoms with Crippen molar-refractivity contribution < 1.29 is 8.42 Å². The lowest BCUT2D eigenvalue weighted by atomic mass is 9.95. The molecule has 0 radical (unpaired) electrons. The highest BCUT2D eigenvalue weighted by Crippen LogP contribution is 2.31. The van der Waals surface area contributed by atoms with Crippen LogP contribution in [0.2, 0.25) is 0 Å². The zero-order valence-corrected chi connectivity index (χ0v) is 15.1. The molecule has 0 spiro atoms. The topological polar surface area (TPSA) is 37.4 Å². The molecule has 0 amide bonds. The van der Waals surface area contributed by atoms with Gasteiger partial charge in [-0.3, -0.25) is 0 Å². The van der Waals surface area contributed by atoms with Gasteiger partial charge in [-0.1, -0.05) is 43.7 Å². The van der Waals surface area contributed by atoms with Gasteiger partial charge in [-0.05, 0) is 42.9 Å². The standard InChI is InChI=1S/C18H23NO2S2/c1-2-17-11-12-18(22-17)23(20,21)19-13-7-6-10-16(14-19)15-8-4-3-5-9-15/h3-5,8-9,11-12,16H,2,6-7,10,13-14H2,1H3. The summed E-state index contributed by atoms with van der Waals surface area (Å²) < 4.78 is 28.2. The summed E-state index contributed by atoms with van der Waals surface area (Å²) in [5.74, 6) is 0.291. The number of thiophene rings is 1. The summed E-state index contributed by atoms with van der Waals surface area (Å²) in [6, 6.07) is 14.0. The van der Waals surface area contributed by atoms with Crippen LogP contribution in [0.4, 0.5) is 0 Å². The van der Waals surface area contributed by atoms with E-state index in [2.05, 4.69) is 19.1 Å². The smallest absolute Gasteiger partial charge is 0.206 e. The molecule has 0 aliphatic carbocycles. The van der Waals surface area contributed by atoms with Gasteiger partial charge in [-0.25, -0.2) is 8.42 Å². The molecule has 1 aliphatic heterocycles. The molecule has 3 rings (SSSR count). The summed E-state index contributed by atoms with van der Waals surface area (Å²) in [5.41, 5.74) is 1.25. The van der Waals surface area contributed by atoms with Crippen molar-refractivity contribution in [1.29, 1.82) is 0 Å². The van der Waals surface area contributed by atoms with Crippen LogP contribution < -0.4 is 0 Å². The number of rotatable bonds is 4. The molecule has 2 heterocycles. The zero-order valence-electron chi connectivity index (χ0n) is 13.4. The van der Waals surface area contributed by atoms with E-state index < -0.39 is 10.0 Å². The molecule has 1 aliphatic rings. The highest BCUT2D eigenvalue weighted by molar-refractivity contribution is 7.91. The molecule has 1 aromatic heterocycles. The van der Waals surface area contributed by atoms with Gasteiger partial charge in [0.25, 0.3) is 10.0 Å². The molecule has 1 unspecified atom stereocenters. The van der Waals surface area contributed by atoms with E-state index in [-0.39, 0.29) is 0 Å². The minimum Gasteiger partial charge on any atom is -0.206 e. The molecule has 0 N–H and O–H groups in total. The van der Waals surface area contributed by atoms with Gasteiger partial charge in [-0.15, -0.1) is 11.3 Å². The Kier molecular flexibility index (Phi) is 5.19. The van der Waals surface area contributed by atoms with Crippen molar-refractivity contribution in [3.63, 3.8) is 0 Å². The molecule has 124 valence electrons. The second-order valence-corrected chi connectivity index (χ2v) is 9.37. The van der Waals surface area contributed by atoms with E-state index in [1.807, 2.05) is 24.3 Å². The number of nitrogens with zero attached hydrogens (tertiary/aromatic N) is 1. The average molecular weight is 350 g/mol. The third-order valence-corrected chi connectivity index (χ3v) is 8.05. The maximum atomic E-state index is 13.0. The highest BCUT2D eigenvalue weighted by Gasteiger charge is 2.30. The first-order valence-electron chi connectivity index (χ1n) is 8.25. The van der Waals surface area contributed by atoms with Gasteiger partial charge >= 0.3 is 0 Å². The summed E-state index contributed by atoms with van der Waals surface area (Å²) in [7, 11) is -3.36. The number of benzene rings is 1. The van der Waals surface area contributed by atoms with Gasteiger partial charge in [0, 0.05) is 18.0 Å². The molecule has 1 atom stereocenters. The molecular weight excluding hydrogens is 326 g/mol. The molecule has 2 aromatic rings. The third-order valence-electron chi connectivity index (χ3n) is 4.48. The maximum Gasteiger partial charge on any atom is 0.252 e. The fourth-order valence-corrected chi connectivity index (χ4v) is 6.11. The summed E-state index contributed by atoms with van der Waals surface area (Å²) in [4.78, 5) is 1.12. The van der Waals surface area contributed by atoms with E-state index in [0.717, 1.165) is 30.6 Å². The Morgan fingerprint density at radius 1 is 1.13 bits per heavy atom. The van der Waals surface area contributed by atoms with Gasteiger partial charge in [0.15, 0.2) is 0 Å². The van der Waals surface area contributed by atoms with E-state index >= 15 is 0 Å². The first-order chi connectivity index (χ1) is 11.1. The quantitative estimate of drug-likeness (QED) is 0.827. The van der Waals surface area contributed by atoms with Crippen LogP contribution in [-0.4, -0.2) is 25.8 Å². The fraction of sp³-hybridized carbons (Fsp3) is 0.444. The summed E-state index contributed by atoms with van der Waals surface area (Å²) in [6.07, 6.45) is 3.96. The Bertz CT molecular complexity index is 737. The van der Waals surface area contributed by atoms with Crippen LogP contribution in [0.25, 0.3) is 0 Å². The van der Waals surface area contributed by atoms with Gasteiger partial charge < -0.3 is 0 Å². The lowest BCUT2D eigenvalue weighted by Crippen LogP contribution is -2.33. The lowest BCUT2D eigenvalue weighted by molar-refractivity contribution is 0.407. The second-order valence-electron chi connectivity index (χ2n) is 6.04. The van der Waals surface area contributed by atoms with E-state index in [9.17, 15) is 8.42 Å². The van der Waals surface area contributed by atoms with E-state index in [0.29, 0.717) is 23.2 Å². The van der Waals surface area contributed by atoms with E-state index in [1.54, 1.807) is 10.4 Å². The van der Waals surface area contributed by atoms with E-state index in [4.69, 9.17) is 0 Å². The van der Waals surface area contributed by atoms with Gasteiger partial charge in [0.2, 0.25) is 0 Å². The van der Waals surface area contributed by atoms with Crippen LogP contribution >= 0.6 is 11.3 Å². The Hall–Kier alpha value is -1.17. The minimum atomic E-state index is -3.36. The Labute approximate surface area is 143 Å². The third kappa shape index (κ3) is 3.67. The lowest BCUT2D eigenvalue weighted by Gasteiger charge is -2.23. The van der Waals surface area contributed by atoms with Crippen LogP contribution in [0, 0.1) is 0 Å². The van der Waals surface area contributed by atoms with Gasteiger partial charge in [0.05, 0.1) is 0 Å². The summed E-state index contributed by atoms with van der Waals surface area (Å²) >= 11 is 1.41. The first kappa shape index (κ1) is 16.7. The van der Waals surface area contributed by atoms with Crippen molar-refractivity contribution in [1.82, 2.24) is 4.31 Å². The summed E-state index contributed by atoms with van der Waals surface area (Å²) in [5, 5.41) is 0.